The molecule has 0 aliphatic carbocycles. The molecule has 0 bridgehead atoms. The molecule has 19 heavy (non-hydrogen) atoms. The third-order valence-corrected chi connectivity index (χ3v) is 3.87. The first-order chi connectivity index (χ1) is 9.02. The summed E-state index contributed by atoms with van der Waals surface area (Å²) in [7, 11) is 0. The van der Waals surface area contributed by atoms with E-state index in [-0.39, 0.29) is 11.7 Å². The highest BCUT2D eigenvalue weighted by Gasteiger charge is 2.11. The maximum absolute atomic E-state index is 11.6. The van der Waals surface area contributed by atoms with Gasteiger partial charge in [-0.25, -0.2) is 0 Å². The molecule has 0 aromatic heterocycles. The second-order valence-electron chi connectivity index (χ2n) is 4.35. The van der Waals surface area contributed by atoms with Crippen LogP contribution in [0.4, 0.5) is 5.69 Å². The molecule has 1 aromatic rings. The topological polar surface area (TPSA) is 66.4 Å². The predicted molar refractivity (Wildman–Crippen MR) is 78.6 cm³/mol. The molecule has 0 saturated heterocycles. The van der Waals surface area contributed by atoms with Crippen molar-refractivity contribution in [3.05, 3.63) is 29.8 Å². The van der Waals surface area contributed by atoms with Crippen molar-refractivity contribution in [2.45, 2.75) is 20.3 Å². The zero-order valence-corrected chi connectivity index (χ0v) is 12.0. The predicted octanol–water partition coefficient (Wildman–Crippen LogP) is 2.64. The highest BCUT2D eigenvalue weighted by molar-refractivity contribution is 8.00. The molecule has 1 unspecified atom stereocenters. The number of carboxylic acid groups (broad SMARTS) is 1. The van der Waals surface area contributed by atoms with Crippen molar-refractivity contribution in [1.82, 2.24) is 0 Å². The van der Waals surface area contributed by atoms with Crippen molar-refractivity contribution in [2.75, 3.05) is 16.8 Å². The number of benzene rings is 1. The molecule has 0 radical (unpaired) electrons. The summed E-state index contributed by atoms with van der Waals surface area (Å²) in [6, 6.07) is 7.72. The van der Waals surface area contributed by atoms with Crippen LogP contribution in [0.15, 0.2) is 24.3 Å². The summed E-state index contributed by atoms with van der Waals surface area (Å²) in [6.07, 6.45) is 0.969. The summed E-state index contributed by atoms with van der Waals surface area (Å²) in [6.45, 7) is 3.71. The number of nitrogens with one attached hydrogen (secondary N) is 1. The SMILES string of the molecule is CCc1ccc(NC(=O)CSCC(C)C(=O)O)cc1. The molecule has 104 valence electrons. The zero-order chi connectivity index (χ0) is 14.3. The van der Waals surface area contributed by atoms with Crippen LogP contribution >= 0.6 is 11.8 Å². The molecule has 0 aliphatic heterocycles. The van der Waals surface area contributed by atoms with Crippen LogP contribution in [-0.2, 0) is 16.0 Å². The number of aryl methyl sites for hydroxylation is 1. The number of hydrogen-bond donors (Lipinski definition) is 2. The molecule has 1 amide bonds. The molecule has 0 spiro atoms. The number of carbonyl (C=O) groups is 2. The largest absolute Gasteiger partial charge is 0.481 e. The molecular formula is C14H19NO3S. The molecule has 1 atom stereocenters. The van der Waals surface area contributed by atoms with Crippen molar-refractivity contribution in [3.63, 3.8) is 0 Å². The Morgan fingerprint density at radius 2 is 1.95 bits per heavy atom. The van der Waals surface area contributed by atoms with Gasteiger partial charge in [-0.1, -0.05) is 26.0 Å². The molecule has 1 rings (SSSR count). The summed E-state index contributed by atoms with van der Waals surface area (Å²) in [5.41, 5.74) is 2.00. The van der Waals surface area contributed by atoms with Crippen molar-refractivity contribution < 1.29 is 14.7 Å². The number of aliphatic carboxylic acids is 1. The lowest BCUT2D eigenvalue weighted by atomic mass is 10.1. The Balaban J connectivity index is 2.32. The quantitative estimate of drug-likeness (QED) is 0.806. The van der Waals surface area contributed by atoms with Crippen molar-refractivity contribution in [2.24, 2.45) is 5.92 Å². The van der Waals surface area contributed by atoms with E-state index in [1.54, 1.807) is 6.92 Å². The van der Waals surface area contributed by atoms with Crippen LogP contribution in [0.1, 0.15) is 19.4 Å². The van der Waals surface area contributed by atoms with Crippen LogP contribution in [0, 0.1) is 5.92 Å². The zero-order valence-electron chi connectivity index (χ0n) is 11.2. The Bertz CT molecular complexity index is 431. The normalized spacial score (nSPS) is 11.9. The van der Waals surface area contributed by atoms with Gasteiger partial charge in [-0.05, 0) is 24.1 Å². The van der Waals surface area contributed by atoms with Gasteiger partial charge < -0.3 is 10.4 Å². The van der Waals surface area contributed by atoms with Gasteiger partial charge in [0.15, 0.2) is 0 Å². The van der Waals surface area contributed by atoms with E-state index in [1.165, 1.54) is 17.3 Å². The molecule has 0 aliphatic rings. The van der Waals surface area contributed by atoms with E-state index in [0.717, 1.165) is 12.1 Å². The third-order valence-electron chi connectivity index (χ3n) is 2.67. The van der Waals surface area contributed by atoms with Crippen LogP contribution in [0.25, 0.3) is 0 Å². The molecule has 0 heterocycles. The average Bonchev–Trinajstić information content (AvgIpc) is 2.39. The van der Waals surface area contributed by atoms with E-state index in [4.69, 9.17) is 5.11 Å². The van der Waals surface area contributed by atoms with E-state index in [1.807, 2.05) is 24.3 Å². The number of carboxylic acids is 1. The lowest BCUT2D eigenvalue weighted by Crippen LogP contribution is -2.17. The average molecular weight is 281 g/mol. The van der Waals surface area contributed by atoms with Gasteiger partial charge >= 0.3 is 5.97 Å². The molecular weight excluding hydrogens is 262 g/mol. The number of carbonyl (C=O) groups excluding carboxylic acids is 1. The molecule has 2 N–H and O–H groups in total. The van der Waals surface area contributed by atoms with E-state index in [0.29, 0.717) is 5.75 Å². The minimum absolute atomic E-state index is 0.105. The first-order valence-corrected chi connectivity index (χ1v) is 7.37. The Morgan fingerprint density at radius 1 is 1.32 bits per heavy atom. The Morgan fingerprint density at radius 3 is 2.47 bits per heavy atom. The summed E-state index contributed by atoms with van der Waals surface area (Å²) in [4.78, 5) is 22.3. The Hall–Kier alpha value is -1.49. The molecule has 4 nitrogen and oxygen atoms in total. The minimum atomic E-state index is -0.830. The maximum atomic E-state index is 11.6. The van der Waals surface area contributed by atoms with Gasteiger partial charge in [0.05, 0.1) is 11.7 Å². The Kier molecular flexibility index (Phi) is 6.42. The fourth-order valence-electron chi connectivity index (χ4n) is 1.42. The first-order valence-electron chi connectivity index (χ1n) is 6.22. The van der Waals surface area contributed by atoms with Gasteiger partial charge in [0, 0.05) is 11.4 Å². The standard InChI is InChI=1S/C14H19NO3S/c1-3-11-4-6-12(7-5-11)15-13(16)9-19-8-10(2)14(17)18/h4-7,10H,3,8-9H2,1-2H3,(H,15,16)(H,17,18). The van der Waals surface area contributed by atoms with Crippen LogP contribution in [0.3, 0.4) is 0 Å². The van der Waals surface area contributed by atoms with Gasteiger partial charge in [-0.2, -0.15) is 11.8 Å². The van der Waals surface area contributed by atoms with Crippen molar-refractivity contribution in [1.29, 1.82) is 0 Å². The highest BCUT2D eigenvalue weighted by Crippen LogP contribution is 2.12. The number of anilines is 1. The summed E-state index contributed by atoms with van der Waals surface area (Å²) in [5, 5.41) is 11.5. The fourth-order valence-corrected chi connectivity index (χ4v) is 2.29. The Labute approximate surface area is 117 Å². The van der Waals surface area contributed by atoms with Gasteiger partial charge in [-0.15, -0.1) is 0 Å². The molecule has 1 aromatic carbocycles. The molecule has 0 fully saturated rings. The van der Waals surface area contributed by atoms with Crippen LogP contribution in [-0.4, -0.2) is 28.5 Å². The first kappa shape index (κ1) is 15.6. The fraction of sp³-hybridized carbons (Fsp3) is 0.429. The van der Waals surface area contributed by atoms with E-state index < -0.39 is 11.9 Å². The van der Waals surface area contributed by atoms with E-state index >= 15 is 0 Å². The highest BCUT2D eigenvalue weighted by atomic mass is 32.2. The van der Waals surface area contributed by atoms with Gasteiger partial charge in [0.2, 0.25) is 5.91 Å². The summed E-state index contributed by atoms with van der Waals surface area (Å²) < 4.78 is 0. The number of thioether (sulfide) groups is 1. The van der Waals surface area contributed by atoms with Gasteiger partial charge in [0.1, 0.15) is 0 Å². The van der Waals surface area contributed by atoms with Crippen molar-refractivity contribution in [3.8, 4) is 0 Å². The van der Waals surface area contributed by atoms with E-state index in [9.17, 15) is 9.59 Å². The minimum Gasteiger partial charge on any atom is -0.481 e. The van der Waals surface area contributed by atoms with Crippen molar-refractivity contribution >= 4 is 29.3 Å². The van der Waals surface area contributed by atoms with Gasteiger partial charge in [-0.3, -0.25) is 9.59 Å². The summed E-state index contributed by atoms with van der Waals surface area (Å²) >= 11 is 1.33. The van der Waals surface area contributed by atoms with Gasteiger partial charge in [0.25, 0.3) is 0 Å². The maximum Gasteiger partial charge on any atom is 0.307 e. The molecule has 5 heteroatoms. The summed E-state index contributed by atoms with van der Waals surface area (Å²) in [5.74, 6) is -0.651. The monoisotopic (exact) mass is 281 g/mol. The van der Waals surface area contributed by atoms with Crippen LogP contribution in [0.2, 0.25) is 0 Å². The smallest absolute Gasteiger partial charge is 0.307 e. The second-order valence-corrected chi connectivity index (χ2v) is 5.38. The van der Waals surface area contributed by atoms with E-state index in [2.05, 4.69) is 12.2 Å². The number of hydrogen-bond acceptors (Lipinski definition) is 3. The lowest BCUT2D eigenvalue weighted by molar-refractivity contribution is -0.140. The number of rotatable bonds is 7. The lowest BCUT2D eigenvalue weighted by Gasteiger charge is -2.07. The van der Waals surface area contributed by atoms with Crippen LogP contribution < -0.4 is 5.32 Å². The third kappa shape index (κ3) is 5.79. The molecule has 0 saturated carbocycles. The number of amides is 1. The van der Waals surface area contributed by atoms with Crippen LogP contribution in [0.5, 0.6) is 0 Å². The second kappa shape index (κ2) is 7.84.